The largest absolute Gasteiger partial charge is 0.495 e. The summed E-state index contributed by atoms with van der Waals surface area (Å²) in [6.45, 7) is 3.08. The van der Waals surface area contributed by atoms with Gasteiger partial charge in [-0.3, -0.25) is 4.68 Å². The van der Waals surface area contributed by atoms with Gasteiger partial charge in [-0.15, -0.1) is 0 Å². The van der Waals surface area contributed by atoms with Crippen molar-refractivity contribution in [3.8, 4) is 5.75 Å². The molecule has 1 aromatic heterocycles. The van der Waals surface area contributed by atoms with Crippen LogP contribution in [0.25, 0.3) is 0 Å². The molecule has 0 aliphatic heterocycles. The van der Waals surface area contributed by atoms with E-state index in [0.29, 0.717) is 10.8 Å². The van der Waals surface area contributed by atoms with Crippen molar-refractivity contribution in [3.05, 3.63) is 46.7 Å². The van der Waals surface area contributed by atoms with Crippen LogP contribution in [0, 0.1) is 0 Å². The van der Waals surface area contributed by atoms with Crippen LogP contribution in [0.15, 0.2) is 30.6 Å². The highest BCUT2D eigenvalue weighted by molar-refractivity contribution is 6.32. The monoisotopic (exact) mass is 293 g/mol. The van der Waals surface area contributed by atoms with E-state index in [9.17, 15) is 0 Å². The van der Waals surface area contributed by atoms with Crippen molar-refractivity contribution >= 4 is 11.6 Å². The number of ether oxygens (including phenoxy) is 1. The molecule has 2 rings (SSSR count). The molecule has 0 fully saturated rings. The molecule has 5 heteroatoms. The maximum Gasteiger partial charge on any atom is 0.137 e. The average Bonchev–Trinajstić information content (AvgIpc) is 2.87. The van der Waals surface area contributed by atoms with Gasteiger partial charge >= 0.3 is 0 Å². The van der Waals surface area contributed by atoms with E-state index in [1.165, 1.54) is 0 Å². The van der Waals surface area contributed by atoms with Gasteiger partial charge in [0.1, 0.15) is 5.75 Å². The summed E-state index contributed by atoms with van der Waals surface area (Å²) < 4.78 is 7.11. The second-order valence-electron chi connectivity index (χ2n) is 4.73. The maximum atomic E-state index is 6.09. The molecule has 0 saturated carbocycles. The van der Waals surface area contributed by atoms with Crippen LogP contribution in [0.1, 0.15) is 30.5 Å². The fourth-order valence-corrected chi connectivity index (χ4v) is 2.36. The summed E-state index contributed by atoms with van der Waals surface area (Å²) >= 11 is 6.09. The van der Waals surface area contributed by atoms with Crippen molar-refractivity contribution in [1.82, 2.24) is 15.1 Å². The van der Waals surface area contributed by atoms with Gasteiger partial charge in [0.05, 0.1) is 24.4 Å². The Morgan fingerprint density at radius 1 is 1.40 bits per heavy atom. The van der Waals surface area contributed by atoms with Crippen LogP contribution in [0.5, 0.6) is 5.75 Å². The highest BCUT2D eigenvalue weighted by Crippen LogP contribution is 2.30. The lowest BCUT2D eigenvalue weighted by Gasteiger charge is -2.18. The smallest absolute Gasteiger partial charge is 0.137 e. The summed E-state index contributed by atoms with van der Waals surface area (Å²) in [5.41, 5.74) is 2.25. The molecule has 0 radical (unpaired) electrons. The van der Waals surface area contributed by atoms with Crippen molar-refractivity contribution in [2.24, 2.45) is 7.05 Å². The topological polar surface area (TPSA) is 39.1 Å². The SMILES string of the molecule is CCCNC(c1ccc(Cl)c(OC)c1)c1cnn(C)c1. The zero-order valence-electron chi connectivity index (χ0n) is 12.1. The normalized spacial score (nSPS) is 12.4. The Morgan fingerprint density at radius 2 is 2.20 bits per heavy atom. The Labute approximate surface area is 124 Å². The van der Waals surface area contributed by atoms with Crippen molar-refractivity contribution in [2.75, 3.05) is 13.7 Å². The van der Waals surface area contributed by atoms with Crippen LogP contribution in [-0.2, 0) is 7.05 Å². The fraction of sp³-hybridized carbons (Fsp3) is 0.400. The van der Waals surface area contributed by atoms with Gasteiger partial charge in [0.2, 0.25) is 0 Å². The molecule has 20 heavy (non-hydrogen) atoms. The van der Waals surface area contributed by atoms with E-state index in [-0.39, 0.29) is 6.04 Å². The summed E-state index contributed by atoms with van der Waals surface area (Å²) in [6, 6.07) is 5.95. The summed E-state index contributed by atoms with van der Waals surface area (Å²) in [5.74, 6) is 0.691. The van der Waals surface area contributed by atoms with Gasteiger partial charge in [-0.25, -0.2) is 0 Å². The molecule has 0 saturated heterocycles. The molecule has 0 aliphatic carbocycles. The van der Waals surface area contributed by atoms with E-state index in [4.69, 9.17) is 16.3 Å². The van der Waals surface area contributed by atoms with Gasteiger partial charge in [-0.1, -0.05) is 24.6 Å². The fourth-order valence-electron chi connectivity index (χ4n) is 2.16. The van der Waals surface area contributed by atoms with Gasteiger partial charge < -0.3 is 10.1 Å². The average molecular weight is 294 g/mol. The van der Waals surface area contributed by atoms with Gasteiger partial charge in [0.25, 0.3) is 0 Å². The summed E-state index contributed by atoms with van der Waals surface area (Å²) in [7, 11) is 3.55. The third-order valence-electron chi connectivity index (χ3n) is 3.17. The summed E-state index contributed by atoms with van der Waals surface area (Å²) in [4.78, 5) is 0. The minimum Gasteiger partial charge on any atom is -0.495 e. The molecule has 0 amide bonds. The van der Waals surface area contributed by atoms with E-state index < -0.39 is 0 Å². The van der Waals surface area contributed by atoms with E-state index in [1.807, 2.05) is 42.3 Å². The Hall–Kier alpha value is -1.52. The predicted molar refractivity (Wildman–Crippen MR) is 81.3 cm³/mol. The Balaban J connectivity index is 2.35. The first-order valence-corrected chi connectivity index (χ1v) is 7.09. The van der Waals surface area contributed by atoms with Crippen LogP contribution >= 0.6 is 11.6 Å². The first kappa shape index (κ1) is 14.9. The number of nitrogens with zero attached hydrogens (tertiary/aromatic N) is 2. The lowest BCUT2D eigenvalue weighted by molar-refractivity contribution is 0.414. The second kappa shape index (κ2) is 6.77. The second-order valence-corrected chi connectivity index (χ2v) is 5.14. The number of aryl methyl sites for hydroxylation is 1. The summed E-state index contributed by atoms with van der Waals surface area (Å²) in [6.07, 6.45) is 4.98. The van der Waals surface area contributed by atoms with Crippen LogP contribution in [0.2, 0.25) is 5.02 Å². The molecular formula is C15H20ClN3O. The van der Waals surface area contributed by atoms with Crippen LogP contribution in [0.3, 0.4) is 0 Å². The molecule has 0 aliphatic rings. The first-order valence-electron chi connectivity index (χ1n) is 6.71. The lowest BCUT2D eigenvalue weighted by atomic mass is 10.0. The first-order chi connectivity index (χ1) is 9.65. The third kappa shape index (κ3) is 3.32. The van der Waals surface area contributed by atoms with Gasteiger partial charge in [-0.2, -0.15) is 5.10 Å². The highest BCUT2D eigenvalue weighted by Gasteiger charge is 2.16. The number of methoxy groups -OCH3 is 1. The number of benzene rings is 1. The number of hydrogen-bond acceptors (Lipinski definition) is 3. The zero-order valence-corrected chi connectivity index (χ0v) is 12.8. The van der Waals surface area contributed by atoms with Gasteiger partial charge in [-0.05, 0) is 30.7 Å². The molecule has 1 aromatic carbocycles. The molecule has 0 spiro atoms. The van der Waals surface area contributed by atoms with E-state index in [1.54, 1.807) is 7.11 Å². The quantitative estimate of drug-likeness (QED) is 0.889. The van der Waals surface area contributed by atoms with Crippen molar-refractivity contribution in [3.63, 3.8) is 0 Å². The van der Waals surface area contributed by atoms with E-state index >= 15 is 0 Å². The Morgan fingerprint density at radius 3 is 2.80 bits per heavy atom. The molecular weight excluding hydrogens is 274 g/mol. The number of nitrogens with one attached hydrogen (secondary N) is 1. The number of halogens is 1. The molecule has 4 nitrogen and oxygen atoms in total. The van der Waals surface area contributed by atoms with Crippen molar-refractivity contribution < 1.29 is 4.74 Å². The Bertz CT molecular complexity index is 568. The minimum absolute atomic E-state index is 0.0924. The predicted octanol–water partition coefficient (Wildman–Crippen LogP) is 3.17. The maximum absolute atomic E-state index is 6.09. The Kier molecular flexibility index (Phi) is 5.04. The van der Waals surface area contributed by atoms with Crippen molar-refractivity contribution in [2.45, 2.75) is 19.4 Å². The molecule has 1 heterocycles. The standard InChI is InChI=1S/C15H20ClN3O/c1-4-7-17-15(12-9-18-19(2)10-12)11-5-6-13(16)14(8-11)20-3/h5-6,8-10,15,17H,4,7H2,1-3H3. The number of rotatable bonds is 6. The molecule has 1 atom stereocenters. The van der Waals surface area contributed by atoms with Crippen LogP contribution in [-0.4, -0.2) is 23.4 Å². The minimum atomic E-state index is 0.0924. The van der Waals surface area contributed by atoms with E-state index in [2.05, 4.69) is 17.3 Å². The molecule has 108 valence electrons. The number of hydrogen-bond donors (Lipinski definition) is 1. The van der Waals surface area contributed by atoms with Crippen LogP contribution in [0.4, 0.5) is 0 Å². The highest BCUT2D eigenvalue weighted by atomic mass is 35.5. The molecule has 2 aromatic rings. The molecule has 1 N–H and O–H groups in total. The summed E-state index contributed by atoms with van der Waals surface area (Å²) in [5, 5.41) is 8.41. The van der Waals surface area contributed by atoms with Gasteiger partial charge in [0.15, 0.2) is 0 Å². The zero-order chi connectivity index (χ0) is 14.5. The van der Waals surface area contributed by atoms with E-state index in [0.717, 1.165) is 24.1 Å². The van der Waals surface area contributed by atoms with Gasteiger partial charge in [0, 0.05) is 18.8 Å². The molecule has 1 unspecified atom stereocenters. The third-order valence-corrected chi connectivity index (χ3v) is 3.48. The molecule has 0 bridgehead atoms. The van der Waals surface area contributed by atoms with Crippen LogP contribution < -0.4 is 10.1 Å². The van der Waals surface area contributed by atoms with Crippen molar-refractivity contribution in [1.29, 1.82) is 0 Å². The lowest BCUT2D eigenvalue weighted by Crippen LogP contribution is -2.22. The number of aromatic nitrogens is 2.